The van der Waals surface area contributed by atoms with Crippen LogP contribution in [0.25, 0.3) is 0 Å². The SMILES string of the molecule is CCC(=O)OC(C)(CO)c1ccccc1. The molecule has 3 nitrogen and oxygen atoms in total. The maximum Gasteiger partial charge on any atom is 0.306 e. The zero-order valence-corrected chi connectivity index (χ0v) is 9.06. The van der Waals surface area contributed by atoms with Crippen LogP contribution >= 0.6 is 0 Å². The van der Waals surface area contributed by atoms with Crippen LogP contribution in [-0.2, 0) is 15.1 Å². The molecular weight excluding hydrogens is 192 g/mol. The molecular formula is C12H16O3. The van der Waals surface area contributed by atoms with Crippen molar-refractivity contribution in [3.05, 3.63) is 35.9 Å². The van der Waals surface area contributed by atoms with Crippen LogP contribution in [0.2, 0.25) is 0 Å². The summed E-state index contributed by atoms with van der Waals surface area (Å²) in [4.78, 5) is 11.2. The van der Waals surface area contributed by atoms with Crippen molar-refractivity contribution in [3.8, 4) is 0 Å². The Morgan fingerprint density at radius 1 is 1.40 bits per heavy atom. The second-order valence-corrected chi connectivity index (χ2v) is 3.58. The number of aliphatic hydroxyl groups excluding tert-OH is 1. The molecule has 1 unspecified atom stereocenters. The molecule has 1 atom stereocenters. The summed E-state index contributed by atoms with van der Waals surface area (Å²) in [7, 11) is 0. The molecule has 82 valence electrons. The van der Waals surface area contributed by atoms with E-state index < -0.39 is 5.60 Å². The van der Waals surface area contributed by atoms with E-state index in [1.807, 2.05) is 30.3 Å². The Labute approximate surface area is 89.7 Å². The Bertz CT molecular complexity index is 321. The lowest BCUT2D eigenvalue weighted by atomic mass is 9.97. The largest absolute Gasteiger partial charge is 0.452 e. The van der Waals surface area contributed by atoms with Gasteiger partial charge in [0.2, 0.25) is 0 Å². The number of benzene rings is 1. The Balaban J connectivity index is 2.90. The van der Waals surface area contributed by atoms with Gasteiger partial charge >= 0.3 is 5.97 Å². The number of rotatable bonds is 4. The second-order valence-electron chi connectivity index (χ2n) is 3.58. The van der Waals surface area contributed by atoms with E-state index in [1.165, 1.54) is 0 Å². The fourth-order valence-corrected chi connectivity index (χ4v) is 1.30. The highest BCUT2D eigenvalue weighted by molar-refractivity contribution is 5.69. The summed E-state index contributed by atoms with van der Waals surface area (Å²) in [6.45, 7) is 3.21. The molecule has 0 fully saturated rings. The Morgan fingerprint density at radius 2 is 2.00 bits per heavy atom. The molecule has 0 aliphatic rings. The molecule has 0 aliphatic heterocycles. The molecule has 0 saturated heterocycles. The van der Waals surface area contributed by atoms with Gasteiger partial charge in [-0.25, -0.2) is 0 Å². The number of esters is 1. The zero-order chi connectivity index (χ0) is 11.3. The molecule has 0 spiro atoms. The van der Waals surface area contributed by atoms with Crippen molar-refractivity contribution in [1.29, 1.82) is 0 Å². The van der Waals surface area contributed by atoms with E-state index in [0.717, 1.165) is 5.56 Å². The van der Waals surface area contributed by atoms with Gasteiger partial charge in [0.25, 0.3) is 0 Å². The molecule has 15 heavy (non-hydrogen) atoms. The lowest BCUT2D eigenvalue weighted by Gasteiger charge is -2.27. The third-order valence-corrected chi connectivity index (χ3v) is 2.31. The van der Waals surface area contributed by atoms with Crippen LogP contribution in [-0.4, -0.2) is 17.7 Å². The van der Waals surface area contributed by atoms with Gasteiger partial charge in [-0.3, -0.25) is 4.79 Å². The molecule has 3 heteroatoms. The summed E-state index contributed by atoms with van der Waals surface area (Å²) in [5, 5.41) is 9.31. The minimum Gasteiger partial charge on any atom is -0.452 e. The van der Waals surface area contributed by atoms with Crippen LogP contribution in [0, 0.1) is 0 Å². The molecule has 0 radical (unpaired) electrons. The summed E-state index contributed by atoms with van der Waals surface area (Å²) in [5.74, 6) is -0.310. The molecule has 1 aromatic rings. The van der Waals surface area contributed by atoms with E-state index in [2.05, 4.69) is 0 Å². The van der Waals surface area contributed by atoms with Crippen molar-refractivity contribution in [1.82, 2.24) is 0 Å². The van der Waals surface area contributed by atoms with Crippen LogP contribution in [0.5, 0.6) is 0 Å². The monoisotopic (exact) mass is 208 g/mol. The topological polar surface area (TPSA) is 46.5 Å². The minimum atomic E-state index is -0.936. The van der Waals surface area contributed by atoms with E-state index in [-0.39, 0.29) is 12.6 Å². The van der Waals surface area contributed by atoms with Gasteiger partial charge in [0.1, 0.15) is 0 Å². The Kier molecular flexibility index (Phi) is 3.86. The standard InChI is InChI=1S/C12H16O3/c1-3-11(14)15-12(2,9-13)10-7-5-4-6-8-10/h4-8,13H,3,9H2,1-2H3. The second kappa shape index (κ2) is 4.94. The van der Waals surface area contributed by atoms with Crippen molar-refractivity contribution >= 4 is 5.97 Å². The maximum atomic E-state index is 11.2. The zero-order valence-electron chi connectivity index (χ0n) is 9.06. The van der Waals surface area contributed by atoms with Crippen LogP contribution in [0.15, 0.2) is 30.3 Å². The van der Waals surface area contributed by atoms with E-state index in [1.54, 1.807) is 13.8 Å². The number of ether oxygens (including phenoxy) is 1. The first-order chi connectivity index (χ1) is 7.12. The summed E-state index contributed by atoms with van der Waals surface area (Å²) >= 11 is 0. The number of aliphatic hydroxyl groups is 1. The number of carbonyl (C=O) groups excluding carboxylic acids is 1. The van der Waals surface area contributed by atoms with Gasteiger partial charge < -0.3 is 9.84 Å². The summed E-state index contributed by atoms with van der Waals surface area (Å²) < 4.78 is 5.23. The molecule has 1 rings (SSSR count). The first-order valence-electron chi connectivity index (χ1n) is 5.00. The normalized spacial score (nSPS) is 14.3. The predicted molar refractivity (Wildman–Crippen MR) is 57.3 cm³/mol. The van der Waals surface area contributed by atoms with Crippen LogP contribution < -0.4 is 0 Å². The molecule has 0 saturated carbocycles. The highest BCUT2D eigenvalue weighted by atomic mass is 16.6. The lowest BCUT2D eigenvalue weighted by Crippen LogP contribution is -2.32. The Hall–Kier alpha value is -1.35. The van der Waals surface area contributed by atoms with Gasteiger partial charge in [-0.05, 0) is 12.5 Å². The minimum absolute atomic E-state index is 0.219. The first-order valence-corrected chi connectivity index (χ1v) is 5.00. The molecule has 1 aromatic carbocycles. The summed E-state index contributed by atoms with van der Waals surface area (Å²) in [6, 6.07) is 9.24. The molecule has 0 heterocycles. The van der Waals surface area contributed by atoms with Gasteiger partial charge in [0.05, 0.1) is 6.61 Å². The lowest BCUT2D eigenvalue weighted by molar-refractivity contribution is -0.163. The van der Waals surface area contributed by atoms with Crippen LogP contribution in [0.3, 0.4) is 0 Å². The molecule has 1 N–H and O–H groups in total. The van der Waals surface area contributed by atoms with Crippen molar-refractivity contribution < 1.29 is 14.6 Å². The molecule has 0 aliphatic carbocycles. The maximum absolute atomic E-state index is 11.2. The van der Waals surface area contributed by atoms with Crippen LogP contribution in [0.4, 0.5) is 0 Å². The third kappa shape index (κ3) is 2.80. The fraction of sp³-hybridized carbons (Fsp3) is 0.417. The van der Waals surface area contributed by atoms with Crippen molar-refractivity contribution in [3.63, 3.8) is 0 Å². The van der Waals surface area contributed by atoms with Crippen LogP contribution in [0.1, 0.15) is 25.8 Å². The average molecular weight is 208 g/mol. The van der Waals surface area contributed by atoms with Gasteiger partial charge in [-0.15, -0.1) is 0 Å². The average Bonchev–Trinajstić information content (AvgIpc) is 2.30. The quantitative estimate of drug-likeness (QED) is 0.768. The smallest absolute Gasteiger partial charge is 0.306 e. The van der Waals surface area contributed by atoms with Gasteiger partial charge in [0, 0.05) is 6.42 Å². The number of hydrogen-bond donors (Lipinski definition) is 1. The molecule has 0 amide bonds. The summed E-state index contributed by atoms with van der Waals surface area (Å²) in [5.41, 5.74) is -0.136. The van der Waals surface area contributed by atoms with E-state index >= 15 is 0 Å². The van der Waals surface area contributed by atoms with Crippen molar-refractivity contribution in [2.75, 3.05) is 6.61 Å². The van der Waals surface area contributed by atoms with E-state index in [0.29, 0.717) is 6.42 Å². The van der Waals surface area contributed by atoms with E-state index in [4.69, 9.17) is 4.74 Å². The van der Waals surface area contributed by atoms with Crippen molar-refractivity contribution in [2.45, 2.75) is 25.9 Å². The van der Waals surface area contributed by atoms with Gasteiger partial charge in [0.15, 0.2) is 5.60 Å². The van der Waals surface area contributed by atoms with Crippen molar-refractivity contribution in [2.24, 2.45) is 0 Å². The third-order valence-electron chi connectivity index (χ3n) is 2.31. The predicted octanol–water partition coefficient (Wildman–Crippen LogP) is 1.85. The summed E-state index contributed by atoms with van der Waals surface area (Å²) in [6.07, 6.45) is 0.308. The van der Waals surface area contributed by atoms with Gasteiger partial charge in [-0.1, -0.05) is 37.3 Å². The Morgan fingerprint density at radius 3 is 2.47 bits per heavy atom. The highest BCUT2D eigenvalue weighted by Gasteiger charge is 2.29. The number of carbonyl (C=O) groups is 1. The first kappa shape index (κ1) is 11.7. The number of hydrogen-bond acceptors (Lipinski definition) is 3. The fourth-order valence-electron chi connectivity index (χ4n) is 1.30. The van der Waals surface area contributed by atoms with Gasteiger partial charge in [-0.2, -0.15) is 0 Å². The van der Waals surface area contributed by atoms with E-state index in [9.17, 15) is 9.90 Å². The highest BCUT2D eigenvalue weighted by Crippen LogP contribution is 2.24. The molecule has 0 bridgehead atoms. The molecule has 0 aromatic heterocycles.